The lowest BCUT2D eigenvalue weighted by atomic mass is 10.1. The van der Waals surface area contributed by atoms with Crippen LogP contribution in [0.3, 0.4) is 0 Å². The van der Waals surface area contributed by atoms with Gasteiger partial charge in [0.2, 0.25) is 0 Å². The van der Waals surface area contributed by atoms with Crippen LogP contribution in [0.25, 0.3) is 0 Å². The van der Waals surface area contributed by atoms with E-state index in [2.05, 4.69) is 16.6 Å². The molecule has 0 bridgehead atoms. The summed E-state index contributed by atoms with van der Waals surface area (Å²) in [6.45, 7) is 3.39. The lowest BCUT2D eigenvalue weighted by Gasteiger charge is -2.05. The van der Waals surface area contributed by atoms with Crippen LogP contribution in [-0.4, -0.2) is 23.3 Å². The fourth-order valence-electron chi connectivity index (χ4n) is 0.680. The zero-order valence-corrected chi connectivity index (χ0v) is 7.05. The highest BCUT2D eigenvalue weighted by molar-refractivity contribution is 5.86. The van der Waals surface area contributed by atoms with Crippen LogP contribution in [0, 0.1) is 11.8 Å². The largest absolute Gasteiger partial charge is 0.457 e. The first kappa shape index (κ1) is 8.82. The van der Waals surface area contributed by atoms with E-state index >= 15 is 0 Å². The van der Waals surface area contributed by atoms with Crippen molar-refractivity contribution >= 4 is 5.97 Å². The second-order valence-corrected chi connectivity index (χ2v) is 3.09. The van der Waals surface area contributed by atoms with Crippen molar-refractivity contribution in [1.82, 2.24) is 0 Å². The van der Waals surface area contributed by atoms with Crippen molar-refractivity contribution in [3.63, 3.8) is 0 Å². The van der Waals surface area contributed by atoms with Crippen molar-refractivity contribution in [3.8, 4) is 11.8 Å². The minimum absolute atomic E-state index is 0.224. The number of carbonyl (C=O) groups is 1. The van der Waals surface area contributed by atoms with Gasteiger partial charge in [0.25, 0.3) is 0 Å². The van der Waals surface area contributed by atoms with E-state index in [1.807, 2.05) is 0 Å². The van der Waals surface area contributed by atoms with E-state index in [-0.39, 0.29) is 12.6 Å². The topological polar surface area (TPSA) is 46.5 Å². The molecule has 0 aromatic heterocycles. The summed E-state index contributed by atoms with van der Waals surface area (Å²) in [5.74, 6) is 4.89. The molecule has 0 amide bonds. The van der Waals surface area contributed by atoms with Crippen molar-refractivity contribution in [2.24, 2.45) is 0 Å². The van der Waals surface area contributed by atoms with E-state index in [4.69, 9.17) is 0 Å². The Hall–Kier alpha value is -1.27. The third-order valence-electron chi connectivity index (χ3n) is 1.19. The number of cyclic esters (lactones) is 1. The maximum atomic E-state index is 10.5. The molecule has 3 heteroatoms. The fraction of sp³-hybridized carbons (Fsp3) is 0.444. The van der Waals surface area contributed by atoms with Crippen LogP contribution in [0.4, 0.5) is 0 Å². The third-order valence-corrected chi connectivity index (χ3v) is 1.19. The van der Waals surface area contributed by atoms with E-state index in [1.54, 1.807) is 13.8 Å². The second-order valence-electron chi connectivity index (χ2n) is 3.09. The van der Waals surface area contributed by atoms with Gasteiger partial charge in [-0.05, 0) is 13.8 Å². The molecule has 1 aliphatic rings. The van der Waals surface area contributed by atoms with Gasteiger partial charge in [-0.1, -0.05) is 11.8 Å². The smallest absolute Gasteiger partial charge is 0.332 e. The zero-order valence-electron chi connectivity index (χ0n) is 7.05. The Morgan fingerprint density at radius 1 is 1.67 bits per heavy atom. The first-order valence-corrected chi connectivity index (χ1v) is 3.60. The van der Waals surface area contributed by atoms with Gasteiger partial charge in [-0.2, -0.15) is 0 Å². The van der Waals surface area contributed by atoms with Crippen molar-refractivity contribution in [2.45, 2.75) is 19.4 Å². The van der Waals surface area contributed by atoms with E-state index in [0.717, 1.165) is 0 Å². The summed E-state index contributed by atoms with van der Waals surface area (Å²) in [4.78, 5) is 10.5. The summed E-state index contributed by atoms with van der Waals surface area (Å²) in [5, 5.41) is 9.22. The average Bonchev–Trinajstić information content (AvgIpc) is 2.30. The first-order chi connectivity index (χ1) is 5.47. The molecule has 0 radical (unpaired) electrons. The van der Waals surface area contributed by atoms with Gasteiger partial charge in [-0.15, -0.1) is 0 Å². The van der Waals surface area contributed by atoms with Crippen LogP contribution >= 0.6 is 0 Å². The first-order valence-electron chi connectivity index (χ1n) is 3.60. The molecule has 0 unspecified atom stereocenters. The summed E-state index contributed by atoms with van der Waals surface area (Å²) in [6, 6.07) is 0. The standard InChI is InChI=1S/C9H10O3/c1-9(2,11)4-3-7-5-8(10)12-6-7/h5,11H,6H2,1-2H3. The third kappa shape index (κ3) is 2.77. The number of aliphatic hydroxyl groups is 1. The Bertz CT molecular complexity index is 283. The molecular formula is C9H10O3. The lowest BCUT2D eigenvalue weighted by Crippen LogP contribution is -2.14. The van der Waals surface area contributed by atoms with Crippen molar-refractivity contribution in [3.05, 3.63) is 11.6 Å². The quantitative estimate of drug-likeness (QED) is 0.414. The van der Waals surface area contributed by atoms with Crippen LogP contribution in [-0.2, 0) is 9.53 Å². The Morgan fingerprint density at radius 2 is 2.33 bits per heavy atom. The summed E-state index contributed by atoms with van der Waals surface area (Å²) in [6.07, 6.45) is 1.33. The Morgan fingerprint density at radius 3 is 2.75 bits per heavy atom. The number of hydrogen-bond acceptors (Lipinski definition) is 3. The van der Waals surface area contributed by atoms with Crippen LogP contribution in [0.5, 0.6) is 0 Å². The van der Waals surface area contributed by atoms with Gasteiger partial charge in [-0.25, -0.2) is 4.79 Å². The molecule has 3 nitrogen and oxygen atoms in total. The molecular weight excluding hydrogens is 156 g/mol. The number of hydrogen-bond donors (Lipinski definition) is 1. The molecule has 0 saturated heterocycles. The average molecular weight is 166 g/mol. The molecule has 0 aromatic rings. The molecule has 0 aliphatic carbocycles. The summed E-state index contributed by atoms with van der Waals surface area (Å²) in [7, 11) is 0. The lowest BCUT2D eigenvalue weighted by molar-refractivity contribution is -0.134. The molecule has 1 N–H and O–H groups in total. The molecule has 0 spiro atoms. The molecule has 12 heavy (non-hydrogen) atoms. The molecule has 64 valence electrons. The van der Waals surface area contributed by atoms with Gasteiger partial charge in [0.1, 0.15) is 12.2 Å². The zero-order chi connectivity index (χ0) is 9.19. The van der Waals surface area contributed by atoms with Crippen LogP contribution < -0.4 is 0 Å². The number of esters is 1. The second kappa shape index (κ2) is 3.00. The Balaban J connectivity index is 2.67. The van der Waals surface area contributed by atoms with E-state index < -0.39 is 5.60 Å². The number of ether oxygens (including phenoxy) is 1. The minimum Gasteiger partial charge on any atom is -0.457 e. The van der Waals surface area contributed by atoms with Gasteiger partial charge in [0.05, 0.1) is 0 Å². The van der Waals surface area contributed by atoms with E-state index in [9.17, 15) is 9.90 Å². The summed E-state index contributed by atoms with van der Waals surface area (Å²) >= 11 is 0. The minimum atomic E-state index is -1.02. The van der Waals surface area contributed by atoms with Crippen molar-refractivity contribution in [2.75, 3.05) is 6.61 Å². The molecule has 1 aliphatic heterocycles. The molecule has 0 aromatic carbocycles. The highest BCUT2D eigenvalue weighted by Gasteiger charge is 2.11. The summed E-state index contributed by atoms with van der Waals surface area (Å²) in [5.41, 5.74) is -0.408. The van der Waals surface area contributed by atoms with Gasteiger partial charge in [0, 0.05) is 11.6 Å². The highest BCUT2D eigenvalue weighted by atomic mass is 16.5. The normalized spacial score (nSPS) is 16.2. The maximum Gasteiger partial charge on any atom is 0.332 e. The number of rotatable bonds is 0. The maximum absolute atomic E-state index is 10.5. The predicted octanol–water partition coefficient (Wildman–Crippen LogP) is 0.244. The highest BCUT2D eigenvalue weighted by Crippen LogP contribution is 2.05. The van der Waals surface area contributed by atoms with Crippen LogP contribution in [0.1, 0.15) is 13.8 Å². The Labute approximate surface area is 71.0 Å². The number of carbonyl (C=O) groups excluding carboxylic acids is 1. The van der Waals surface area contributed by atoms with E-state index in [0.29, 0.717) is 5.57 Å². The fourth-order valence-corrected chi connectivity index (χ4v) is 0.680. The SMILES string of the molecule is CC(C)(O)C#CC1=CC(=O)OC1. The van der Waals surface area contributed by atoms with Gasteiger partial charge < -0.3 is 9.84 Å². The van der Waals surface area contributed by atoms with Crippen molar-refractivity contribution in [1.29, 1.82) is 0 Å². The van der Waals surface area contributed by atoms with Gasteiger partial charge in [-0.3, -0.25) is 0 Å². The van der Waals surface area contributed by atoms with Crippen LogP contribution in [0.2, 0.25) is 0 Å². The molecule has 0 atom stereocenters. The Kier molecular flexibility index (Phi) is 2.20. The molecule has 0 saturated carbocycles. The molecule has 1 rings (SSSR count). The molecule has 0 fully saturated rings. The van der Waals surface area contributed by atoms with Crippen molar-refractivity contribution < 1.29 is 14.6 Å². The summed E-state index contributed by atoms with van der Waals surface area (Å²) < 4.78 is 4.62. The monoisotopic (exact) mass is 166 g/mol. The van der Waals surface area contributed by atoms with Gasteiger partial charge in [0.15, 0.2) is 0 Å². The van der Waals surface area contributed by atoms with Gasteiger partial charge >= 0.3 is 5.97 Å². The van der Waals surface area contributed by atoms with E-state index in [1.165, 1.54) is 6.08 Å². The molecule has 1 heterocycles. The predicted molar refractivity (Wildman–Crippen MR) is 43.1 cm³/mol. The van der Waals surface area contributed by atoms with Crippen LogP contribution in [0.15, 0.2) is 11.6 Å².